The summed E-state index contributed by atoms with van der Waals surface area (Å²) in [5, 5.41) is 2.92. The van der Waals surface area contributed by atoms with Crippen LogP contribution in [0.25, 0.3) is 0 Å². The Balaban J connectivity index is 1.68. The number of fused-ring (bicyclic) bond motifs is 1. The van der Waals surface area contributed by atoms with E-state index in [-0.39, 0.29) is 5.91 Å². The standard InChI is InChI=1S/C20H22BrNO6/c1-24-15-8-12(14(21)11-16(15)25-2)4-5-22-20(23)13-9-17(26-3)19-18(10-13)27-6-7-28-19/h8-11H,4-7H2,1-3H3,(H,22,23). The van der Waals surface area contributed by atoms with E-state index in [1.54, 1.807) is 26.4 Å². The Bertz CT molecular complexity index is 853. The number of halogens is 1. The number of hydrogen-bond acceptors (Lipinski definition) is 6. The average molecular weight is 452 g/mol. The molecule has 0 atom stereocenters. The maximum atomic E-state index is 12.6. The van der Waals surface area contributed by atoms with Gasteiger partial charge in [-0.15, -0.1) is 0 Å². The van der Waals surface area contributed by atoms with Crippen molar-refractivity contribution in [2.75, 3.05) is 41.1 Å². The van der Waals surface area contributed by atoms with Crippen LogP contribution in [0.4, 0.5) is 0 Å². The van der Waals surface area contributed by atoms with Gasteiger partial charge < -0.3 is 29.0 Å². The molecule has 1 N–H and O–H groups in total. The fourth-order valence-corrected chi connectivity index (χ4v) is 3.43. The molecular weight excluding hydrogens is 430 g/mol. The van der Waals surface area contributed by atoms with E-state index in [1.165, 1.54) is 7.11 Å². The number of carbonyl (C=O) groups is 1. The number of benzene rings is 2. The van der Waals surface area contributed by atoms with Gasteiger partial charge in [0.15, 0.2) is 23.0 Å². The molecule has 2 aromatic rings. The largest absolute Gasteiger partial charge is 0.493 e. The molecule has 0 aliphatic carbocycles. The van der Waals surface area contributed by atoms with Crippen LogP contribution in [0.1, 0.15) is 15.9 Å². The third-order valence-electron chi connectivity index (χ3n) is 4.32. The van der Waals surface area contributed by atoms with E-state index >= 15 is 0 Å². The second-order valence-electron chi connectivity index (χ2n) is 6.01. The highest BCUT2D eigenvalue weighted by Gasteiger charge is 2.21. The van der Waals surface area contributed by atoms with Crippen LogP contribution in [0.3, 0.4) is 0 Å². The fraction of sp³-hybridized carbons (Fsp3) is 0.350. The van der Waals surface area contributed by atoms with Crippen molar-refractivity contribution in [1.82, 2.24) is 5.32 Å². The fourth-order valence-electron chi connectivity index (χ4n) is 2.90. The summed E-state index contributed by atoms with van der Waals surface area (Å²) in [5.74, 6) is 2.59. The first-order valence-corrected chi connectivity index (χ1v) is 9.53. The topological polar surface area (TPSA) is 75.3 Å². The lowest BCUT2D eigenvalue weighted by Crippen LogP contribution is -2.26. The molecular formula is C20H22BrNO6. The van der Waals surface area contributed by atoms with Gasteiger partial charge in [0.25, 0.3) is 5.91 Å². The predicted octanol–water partition coefficient (Wildman–Crippen LogP) is 3.22. The summed E-state index contributed by atoms with van der Waals surface area (Å²) in [7, 11) is 4.71. The third kappa shape index (κ3) is 4.27. The number of nitrogens with one attached hydrogen (secondary N) is 1. The Morgan fingerprint density at radius 2 is 1.68 bits per heavy atom. The second-order valence-corrected chi connectivity index (χ2v) is 6.86. The van der Waals surface area contributed by atoms with Crippen molar-refractivity contribution in [3.63, 3.8) is 0 Å². The molecule has 1 aliphatic heterocycles. The smallest absolute Gasteiger partial charge is 0.251 e. The summed E-state index contributed by atoms with van der Waals surface area (Å²) in [4.78, 5) is 12.6. The van der Waals surface area contributed by atoms with Crippen LogP contribution in [0.15, 0.2) is 28.7 Å². The third-order valence-corrected chi connectivity index (χ3v) is 5.06. The Morgan fingerprint density at radius 1 is 1.00 bits per heavy atom. The Kier molecular flexibility index (Phi) is 6.51. The molecule has 28 heavy (non-hydrogen) atoms. The van der Waals surface area contributed by atoms with E-state index in [2.05, 4.69) is 21.2 Å². The summed E-state index contributed by atoms with van der Waals surface area (Å²) in [6.45, 7) is 1.34. The minimum atomic E-state index is -0.216. The molecule has 1 heterocycles. The number of amides is 1. The monoisotopic (exact) mass is 451 g/mol. The van der Waals surface area contributed by atoms with Gasteiger partial charge in [-0.2, -0.15) is 0 Å². The van der Waals surface area contributed by atoms with Crippen molar-refractivity contribution in [2.45, 2.75) is 6.42 Å². The lowest BCUT2D eigenvalue weighted by molar-refractivity contribution is 0.0952. The molecule has 0 bridgehead atoms. The van der Waals surface area contributed by atoms with E-state index in [9.17, 15) is 4.79 Å². The first-order chi connectivity index (χ1) is 13.6. The predicted molar refractivity (Wildman–Crippen MR) is 107 cm³/mol. The summed E-state index contributed by atoms with van der Waals surface area (Å²) in [5.41, 5.74) is 1.45. The van der Waals surface area contributed by atoms with Gasteiger partial charge in [-0.1, -0.05) is 15.9 Å². The maximum absolute atomic E-state index is 12.6. The minimum Gasteiger partial charge on any atom is -0.493 e. The van der Waals surface area contributed by atoms with E-state index in [0.717, 1.165) is 10.0 Å². The van der Waals surface area contributed by atoms with E-state index in [0.29, 0.717) is 60.5 Å². The Hall–Kier alpha value is -2.61. The number of hydrogen-bond donors (Lipinski definition) is 1. The summed E-state index contributed by atoms with van der Waals surface area (Å²) in [6.07, 6.45) is 0.619. The molecule has 0 aromatic heterocycles. The normalized spacial score (nSPS) is 12.3. The molecule has 0 radical (unpaired) electrons. The van der Waals surface area contributed by atoms with Crippen molar-refractivity contribution in [1.29, 1.82) is 0 Å². The molecule has 8 heteroatoms. The first-order valence-electron chi connectivity index (χ1n) is 8.73. The lowest BCUT2D eigenvalue weighted by Gasteiger charge is -2.21. The SMILES string of the molecule is COc1cc(Br)c(CCNC(=O)c2cc(OC)c3c(c2)OCCO3)cc1OC. The molecule has 1 amide bonds. The van der Waals surface area contributed by atoms with Crippen LogP contribution in [0, 0.1) is 0 Å². The molecule has 150 valence electrons. The quantitative estimate of drug-likeness (QED) is 0.696. The van der Waals surface area contributed by atoms with Crippen LogP contribution >= 0.6 is 15.9 Å². The van der Waals surface area contributed by atoms with Crippen LogP contribution in [-0.2, 0) is 6.42 Å². The summed E-state index contributed by atoms with van der Waals surface area (Å²) >= 11 is 3.53. The van der Waals surface area contributed by atoms with Gasteiger partial charge in [0.05, 0.1) is 21.3 Å². The van der Waals surface area contributed by atoms with E-state index in [1.807, 2.05) is 12.1 Å². The maximum Gasteiger partial charge on any atom is 0.251 e. The van der Waals surface area contributed by atoms with Gasteiger partial charge in [0.2, 0.25) is 5.75 Å². The molecule has 0 saturated carbocycles. The summed E-state index contributed by atoms with van der Waals surface area (Å²) in [6, 6.07) is 7.05. The zero-order chi connectivity index (χ0) is 20.1. The Morgan fingerprint density at radius 3 is 2.39 bits per heavy atom. The molecule has 0 saturated heterocycles. The molecule has 7 nitrogen and oxygen atoms in total. The van der Waals surface area contributed by atoms with Gasteiger partial charge in [0.1, 0.15) is 13.2 Å². The molecule has 1 aliphatic rings. The first kappa shape index (κ1) is 20.1. The van der Waals surface area contributed by atoms with Crippen LogP contribution in [0.5, 0.6) is 28.7 Å². The molecule has 2 aromatic carbocycles. The van der Waals surface area contributed by atoms with Crippen molar-refractivity contribution < 1.29 is 28.5 Å². The number of ether oxygens (including phenoxy) is 5. The van der Waals surface area contributed by atoms with Crippen LogP contribution in [0.2, 0.25) is 0 Å². The Labute approximate surface area is 172 Å². The lowest BCUT2D eigenvalue weighted by atomic mass is 10.1. The van der Waals surface area contributed by atoms with Crippen molar-refractivity contribution in [3.8, 4) is 28.7 Å². The van der Waals surface area contributed by atoms with Crippen molar-refractivity contribution >= 4 is 21.8 Å². The molecule has 0 fully saturated rings. The minimum absolute atomic E-state index is 0.216. The molecule has 3 rings (SSSR count). The number of methoxy groups -OCH3 is 3. The highest BCUT2D eigenvalue weighted by molar-refractivity contribution is 9.10. The van der Waals surface area contributed by atoms with Gasteiger partial charge >= 0.3 is 0 Å². The zero-order valence-corrected chi connectivity index (χ0v) is 17.6. The van der Waals surface area contributed by atoms with Crippen molar-refractivity contribution in [2.24, 2.45) is 0 Å². The second kappa shape index (κ2) is 9.05. The average Bonchev–Trinajstić information content (AvgIpc) is 2.73. The highest BCUT2D eigenvalue weighted by atomic mass is 79.9. The van der Waals surface area contributed by atoms with Gasteiger partial charge in [-0.05, 0) is 36.2 Å². The van der Waals surface area contributed by atoms with Crippen molar-refractivity contribution in [3.05, 3.63) is 39.9 Å². The molecule has 0 spiro atoms. The highest BCUT2D eigenvalue weighted by Crippen LogP contribution is 2.40. The van der Waals surface area contributed by atoms with Gasteiger partial charge in [-0.25, -0.2) is 0 Å². The van der Waals surface area contributed by atoms with Crippen LogP contribution < -0.4 is 29.0 Å². The number of rotatable bonds is 7. The summed E-state index contributed by atoms with van der Waals surface area (Å²) < 4.78 is 28.0. The van der Waals surface area contributed by atoms with E-state index in [4.69, 9.17) is 23.7 Å². The van der Waals surface area contributed by atoms with E-state index < -0.39 is 0 Å². The number of carbonyl (C=O) groups excluding carboxylic acids is 1. The van der Waals surface area contributed by atoms with Gasteiger partial charge in [-0.3, -0.25) is 4.79 Å². The van der Waals surface area contributed by atoms with Crippen LogP contribution in [-0.4, -0.2) is 47.0 Å². The van der Waals surface area contributed by atoms with Gasteiger partial charge in [0, 0.05) is 16.6 Å². The zero-order valence-electron chi connectivity index (χ0n) is 16.0. The molecule has 0 unspecified atom stereocenters.